The molecule has 0 aromatic heterocycles. The summed E-state index contributed by atoms with van der Waals surface area (Å²) in [6.45, 7) is 1.06. The number of nitrogens with one attached hydrogen (secondary N) is 1. The zero-order valence-electron chi connectivity index (χ0n) is 8.09. The van der Waals surface area contributed by atoms with Crippen molar-refractivity contribution in [3.8, 4) is 0 Å². The van der Waals surface area contributed by atoms with Crippen LogP contribution in [-0.2, 0) is 0 Å². The van der Waals surface area contributed by atoms with Gasteiger partial charge in [-0.15, -0.1) is 0 Å². The predicted molar refractivity (Wildman–Crippen MR) is 56.2 cm³/mol. The minimum Gasteiger partial charge on any atom is -0.388 e. The average Bonchev–Trinajstić information content (AvgIpc) is 2.23. The second-order valence-corrected chi connectivity index (χ2v) is 3.61. The molecule has 0 unspecified atom stereocenters. The SMILES string of the molecule is Fc1ccc(/C=C2/CCCCN2)cc1. The maximum Gasteiger partial charge on any atom is 0.123 e. The standard InChI is InChI=1S/C12H14FN/c13-11-6-4-10(5-7-11)9-12-3-1-2-8-14-12/h4-7,9,14H,1-3,8H2/b12-9-. The van der Waals surface area contributed by atoms with Crippen LogP contribution in [-0.4, -0.2) is 6.54 Å². The van der Waals surface area contributed by atoms with Crippen LogP contribution >= 0.6 is 0 Å². The lowest BCUT2D eigenvalue weighted by molar-refractivity contribution is 0.592. The highest BCUT2D eigenvalue weighted by atomic mass is 19.1. The molecule has 0 radical (unpaired) electrons. The summed E-state index contributed by atoms with van der Waals surface area (Å²) < 4.78 is 12.6. The van der Waals surface area contributed by atoms with Gasteiger partial charge in [-0.2, -0.15) is 0 Å². The minimum absolute atomic E-state index is 0.177. The van der Waals surface area contributed by atoms with Crippen LogP contribution in [0.2, 0.25) is 0 Å². The van der Waals surface area contributed by atoms with E-state index in [9.17, 15) is 4.39 Å². The molecule has 1 N–H and O–H groups in total. The number of rotatable bonds is 1. The topological polar surface area (TPSA) is 12.0 Å². The Morgan fingerprint density at radius 2 is 1.93 bits per heavy atom. The van der Waals surface area contributed by atoms with Gasteiger partial charge in [-0.05, 0) is 43.0 Å². The number of hydrogen-bond donors (Lipinski definition) is 1. The zero-order chi connectivity index (χ0) is 9.80. The van der Waals surface area contributed by atoms with Gasteiger partial charge < -0.3 is 5.32 Å². The molecule has 1 aromatic rings. The van der Waals surface area contributed by atoms with Crippen LogP contribution < -0.4 is 5.32 Å². The van der Waals surface area contributed by atoms with Gasteiger partial charge in [-0.3, -0.25) is 0 Å². The summed E-state index contributed by atoms with van der Waals surface area (Å²) in [5.74, 6) is -0.177. The van der Waals surface area contributed by atoms with Crippen molar-refractivity contribution in [2.75, 3.05) is 6.54 Å². The Labute approximate surface area is 83.6 Å². The monoisotopic (exact) mass is 191 g/mol. The van der Waals surface area contributed by atoms with E-state index in [0.29, 0.717) is 0 Å². The Morgan fingerprint density at radius 3 is 2.57 bits per heavy atom. The van der Waals surface area contributed by atoms with Gasteiger partial charge in [0, 0.05) is 12.2 Å². The van der Waals surface area contributed by atoms with Gasteiger partial charge in [0.2, 0.25) is 0 Å². The van der Waals surface area contributed by atoms with Gasteiger partial charge in [0.05, 0.1) is 0 Å². The van der Waals surface area contributed by atoms with Crippen molar-refractivity contribution in [1.82, 2.24) is 5.32 Å². The second kappa shape index (κ2) is 4.27. The molecule has 0 spiro atoms. The van der Waals surface area contributed by atoms with E-state index in [2.05, 4.69) is 11.4 Å². The molecule has 1 aromatic carbocycles. The molecule has 1 saturated heterocycles. The highest BCUT2D eigenvalue weighted by molar-refractivity contribution is 5.52. The van der Waals surface area contributed by atoms with Crippen molar-refractivity contribution in [3.63, 3.8) is 0 Å². The minimum atomic E-state index is -0.177. The number of halogens is 1. The largest absolute Gasteiger partial charge is 0.388 e. The second-order valence-electron chi connectivity index (χ2n) is 3.61. The van der Waals surface area contributed by atoms with Crippen LogP contribution in [0, 0.1) is 5.82 Å². The van der Waals surface area contributed by atoms with E-state index in [0.717, 1.165) is 18.5 Å². The number of allylic oxidation sites excluding steroid dienone is 1. The van der Waals surface area contributed by atoms with Crippen LogP contribution in [0.4, 0.5) is 4.39 Å². The highest BCUT2D eigenvalue weighted by Crippen LogP contribution is 2.14. The Kier molecular flexibility index (Phi) is 2.82. The van der Waals surface area contributed by atoms with Crippen molar-refractivity contribution in [2.24, 2.45) is 0 Å². The molecule has 0 aliphatic carbocycles. The fourth-order valence-electron chi connectivity index (χ4n) is 1.66. The van der Waals surface area contributed by atoms with Gasteiger partial charge in [-0.1, -0.05) is 12.1 Å². The summed E-state index contributed by atoms with van der Waals surface area (Å²) in [4.78, 5) is 0. The molecule has 2 heteroatoms. The van der Waals surface area contributed by atoms with Gasteiger partial charge in [0.1, 0.15) is 5.82 Å². The normalized spacial score (nSPS) is 19.4. The molecule has 2 rings (SSSR count). The van der Waals surface area contributed by atoms with E-state index in [1.165, 1.54) is 30.7 Å². The smallest absolute Gasteiger partial charge is 0.123 e. The first kappa shape index (κ1) is 9.25. The molecule has 0 atom stereocenters. The summed E-state index contributed by atoms with van der Waals surface area (Å²) in [5.41, 5.74) is 2.33. The Morgan fingerprint density at radius 1 is 1.14 bits per heavy atom. The first-order valence-corrected chi connectivity index (χ1v) is 5.04. The molecule has 1 fully saturated rings. The number of hydrogen-bond acceptors (Lipinski definition) is 1. The van der Waals surface area contributed by atoms with Gasteiger partial charge in [-0.25, -0.2) is 4.39 Å². The highest BCUT2D eigenvalue weighted by Gasteiger charge is 2.03. The maximum atomic E-state index is 12.6. The fraction of sp³-hybridized carbons (Fsp3) is 0.333. The molecular formula is C12H14FN. The number of piperidine rings is 1. The molecule has 1 nitrogen and oxygen atoms in total. The molecule has 1 aliphatic heterocycles. The van der Waals surface area contributed by atoms with E-state index in [1.54, 1.807) is 12.1 Å². The molecular weight excluding hydrogens is 177 g/mol. The average molecular weight is 191 g/mol. The molecule has 1 heterocycles. The van der Waals surface area contributed by atoms with Gasteiger partial charge >= 0.3 is 0 Å². The van der Waals surface area contributed by atoms with Crippen LogP contribution in [0.15, 0.2) is 30.0 Å². The first-order chi connectivity index (χ1) is 6.84. The van der Waals surface area contributed by atoms with Crippen molar-refractivity contribution in [2.45, 2.75) is 19.3 Å². The third kappa shape index (κ3) is 2.34. The summed E-state index contributed by atoms with van der Waals surface area (Å²) in [5, 5.41) is 3.35. The Hall–Kier alpha value is -1.31. The van der Waals surface area contributed by atoms with Crippen molar-refractivity contribution in [1.29, 1.82) is 0 Å². The van der Waals surface area contributed by atoms with E-state index in [1.807, 2.05) is 0 Å². The van der Waals surface area contributed by atoms with Gasteiger partial charge in [0.25, 0.3) is 0 Å². The quantitative estimate of drug-likeness (QED) is 0.719. The summed E-state index contributed by atoms with van der Waals surface area (Å²) in [6.07, 6.45) is 5.71. The van der Waals surface area contributed by atoms with E-state index >= 15 is 0 Å². The number of benzene rings is 1. The Bertz CT molecular complexity index is 319. The summed E-state index contributed by atoms with van der Waals surface area (Å²) >= 11 is 0. The van der Waals surface area contributed by atoms with Crippen molar-refractivity contribution in [3.05, 3.63) is 41.3 Å². The molecule has 74 valence electrons. The van der Waals surface area contributed by atoms with E-state index < -0.39 is 0 Å². The lowest BCUT2D eigenvalue weighted by Crippen LogP contribution is -2.19. The molecule has 14 heavy (non-hydrogen) atoms. The molecule has 1 aliphatic rings. The van der Waals surface area contributed by atoms with Crippen LogP contribution in [0.5, 0.6) is 0 Å². The maximum absolute atomic E-state index is 12.6. The lowest BCUT2D eigenvalue weighted by Gasteiger charge is -2.16. The molecule has 0 saturated carbocycles. The third-order valence-electron chi connectivity index (χ3n) is 2.44. The summed E-state index contributed by atoms with van der Waals surface area (Å²) in [6, 6.07) is 6.60. The Balaban J connectivity index is 2.11. The predicted octanol–water partition coefficient (Wildman–Crippen LogP) is 2.94. The molecule has 0 bridgehead atoms. The fourth-order valence-corrected chi connectivity index (χ4v) is 1.66. The van der Waals surface area contributed by atoms with E-state index in [4.69, 9.17) is 0 Å². The zero-order valence-corrected chi connectivity index (χ0v) is 8.09. The van der Waals surface area contributed by atoms with Crippen LogP contribution in [0.25, 0.3) is 6.08 Å². The summed E-state index contributed by atoms with van der Waals surface area (Å²) in [7, 11) is 0. The van der Waals surface area contributed by atoms with Crippen LogP contribution in [0.1, 0.15) is 24.8 Å². The van der Waals surface area contributed by atoms with E-state index in [-0.39, 0.29) is 5.82 Å². The first-order valence-electron chi connectivity index (χ1n) is 5.04. The van der Waals surface area contributed by atoms with Crippen LogP contribution in [0.3, 0.4) is 0 Å². The third-order valence-corrected chi connectivity index (χ3v) is 2.44. The van der Waals surface area contributed by atoms with Crippen molar-refractivity contribution < 1.29 is 4.39 Å². The van der Waals surface area contributed by atoms with Gasteiger partial charge in [0.15, 0.2) is 0 Å². The van der Waals surface area contributed by atoms with Crippen molar-refractivity contribution >= 4 is 6.08 Å². The lowest BCUT2D eigenvalue weighted by atomic mass is 10.1. The molecule has 0 amide bonds.